The van der Waals surface area contributed by atoms with Gasteiger partial charge in [-0.25, -0.2) is 0 Å². The van der Waals surface area contributed by atoms with Crippen molar-refractivity contribution in [2.75, 3.05) is 7.05 Å². The van der Waals surface area contributed by atoms with E-state index in [1.54, 1.807) is 0 Å². The summed E-state index contributed by atoms with van der Waals surface area (Å²) in [6.07, 6.45) is 0. The molecule has 0 unspecified atom stereocenters. The zero-order chi connectivity index (χ0) is 13.5. The molecule has 0 radical (unpaired) electrons. The van der Waals surface area contributed by atoms with E-state index in [-0.39, 0.29) is 5.41 Å². The topological polar surface area (TPSA) is 12.0 Å². The fourth-order valence-electron chi connectivity index (χ4n) is 2.51. The highest BCUT2D eigenvalue weighted by Crippen LogP contribution is 2.40. The van der Waals surface area contributed by atoms with Crippen LogP contribution in [0.5, 0.6) is 0 Å². The lowest BCUT2D eigenvalue weighted by Gasteiger charge is -2.21. The molecular weight excluding hydrogens is 238 g/mol. The van der Waals surface area contributed by atoms with E-state index in [9.17, 15) is 0 Å². The van der Waals surface area contributed by atoms with Crippen LogP contribution in [0.25, 0.3) is 10.1 Å². The minimum Gasteiger partial charge on any atom is -0.315 e. The van der Waals surface area contributed by atoms with Crippen molar-refractivity contribution in [1.29, 1.82) is 0 Å². The van der Waals surface area contributed by atoms with Gasteiger partial charge in [-0.05, 0) is 54.5 Å². The first-order valence-corrected chi connectivity index (χ1v) is 7.34. The number of hydrogen-bond acceptors (Lipinski definition) is 2. The highest BCUT2D eigenvalue weighted by molar-refractivity contribution is 7.19. The van der Waals surface area contributed by atoms with Crippen molar-refractivity contribution in [3.8, 4) is 0 Å². The van der Waals surface area contributed by atoms with Crippen molar-refractivity contribution >= 4 is 21.4 Å². The lowest BCUT2D eigenvalue weighted by atomic mass is 9.84. The van der Waals surface area contributed by atoms with Crippen LogP contribution in [0.3, 0.4) is 0 Å². The van der Waals surface area contributed by atoms with Crippen LogP contribution in [0, 0.1) is 13.8 Å². The maximum Gasteiger partial charge on any atom is 0.0352 e. The number of fused-ring (bicyclic) bond motifs is 1. The average molecular weight is 261 g/mol. The number of nitrogens with one attached hydrogen (secondary N) is 1. The first-order chi connectivity index (χ1) is 8.34. The van der Waals surface area contributed by atoms with Gasteiger partial charge in [-0.2, -0.15) is 0 Å². The molecule has 0 aliphatic rings. The Kier molecular flexibility index (Phi) is 3.52. The molecule has 0 saturated heterocycles. The van der Waals surface area contributed by atoms with Gasteiger partial charge >= 0.3 is 0 Å². The second-order valence-corrected chi connectivity index (χ2v) is 7.25. The fourth-order valence-corrected chi connectivity index (χ4v) is 4.02. The summed E-state index contributed by atoms with van der Waals surface area (Å²) in [5.74, 6) is 0. The third-order valence-electron chi connectivity index (χ3n) is 3.46. The largest absolute Gasteiger partial charge is 0.315 e. The molecule has 0 aliphatic heterocycles. The molecule has 1 N–H and O–H groups in total. The molecule has 1 aromatic carbocycles. The first-order valence-electron chi connectivity index (χ1n) is 6.52. The summed E-state index contributed by atoms with van der Waals surface area (Å²) in [7, 11) is 2.02. The Balaban J connectivity index is 2.77. The van der Waals surface area contributed by atoms with Crippen LogP contribution in [0.15, 0.2) is 12.1 Å². The van der Waals surface area contributed by atoms with Gasteiger partial charge in [-0.3, -0.25) is 0 Å². The smallest absolute Gasteiger partial charge is 0.0352 e. The van der Waals surface area contributed by atoms with Crippen molar-refractivity contribution < 1.29 is 0 Å². The third kappa shape index (κ3) is 2.32. The Hall–Kier alpha value is -0.860. The molecule has 98 valence electrons. The van der Waals surface area contributed by atoms with Gasteiger partial charge in [-0.15, -0.1) is 11.3 Å². The van der Waals surface area contributed by atoms with Crippen molar-refractivity contribution in [3.05, 3.63) is 33.7 Å². The van der Waals surface area contributed by atoms with Crippen LogP contribution in [0.1, 0.15) is 42.3 Å². The molecule has 1 nitrogen and oxygen atoms in total. The van der Waals surface area contributed by atoms with E-state index < -0.39 is 0 Å². The molecule has 0 amide bonds. The third-order valence-corrected chi connectivity index (χ3v) is 4.62. The van der Waals surface area contributed by atoms with Crippen LogP contribution < -0.4 is 5.32 Å². The summed E-state index contributed by atoms with van der Waals surface area (Å²) < 4.78 is 1.42. The van der Waals surface area contributed by atoms with Crippen molar-refractivity contribution in [3.63, 3.8) is 0 Å². The second kappa shape index (κ2) is 4.67. The molecule has 0 aliphatic carbocycles. The fraction of sp³-hybridized carbons (Fsp3) is 0.500. The van der Waals surface area contributed by atoms with E-state index in [1.807, 2.05) is 18.4 Å². The molecule has 1 heterocycles. The predicted molar refractivity (Wildman–Crippen MR) is 82.8 cm³/mol. The van der Waals surface area contributed by atoms with E-state index in [4.69, 9.17) is 0 Å². The van der Waals surface area contributed by atoms with Gasteiger partial charge in [0.2, 0.25) is 0 Å². The Morgan fingerprint density at radius 2 is 1.72 bits per heavy atom. The quantitative estimate of drug-likeness (QED) is 0.837. The summed E-state index contributed by atoms with van der Waals surface area (Å²) in [6, 6.07) is 4.70. The lowest BCUT2D eigenvalue weighted by molar-refractivity contribution is 0.588. The molecule has 18 heavy (non-hydrogen) atoms. The van der Waals surface area contributed by atoms with Crippen molar-refractivity contribution in [2.24, 2.45) is 0 Å². The number of hydrogen-bond donors (Lipinski definition) is 1. The van der Waals surface area contributed by atoms with Crippen LogP contribution in [-0.2, 0) is 12.0 Å². The minimum atomic E-state index is 0.201. The Morgan fingerprint density at radius 1 is 1.11 bits per heavy atom. The number of rotatable bonds is 2. The molecule has 2 rings (SSSR count). The van der Waals surface area contributed by atoms with Gasteiger partial charge in [0, 0.05) is 16.1 Å². The molecule has 0 saturated carbocycles. The minimum absolute atomic E-state index is 0.201. The standard InChI is InChI=1S/C16H23NS/c1-10-7-12-13(8-11(10)2)18-14(9-17-6)15(12)16(3,4)5/h7-8,17H,9H2,1-6H3. The summed E-state index contributed by atoms with van der Waals surface area (Å²) in [5, 5.41) is 4.74. The summed E-state index contributed by atoms with van der Waals surface area (Å²) >= 11 is 1.94. The molecule has 0 atom stereocenters. The van der Waals surface area contributed by atoms with E-state index >= 15 is 0 Å². The lowest BCUT2D eigenvalue weighted by Crippen LogP contribution is -2.15. The van der Waals surface area contributed by atoms with Gasteiger partial charge in [0.05, 0.1) is 0 Å². The Bertz CT molecular complexity index is 573. The van der Waals surface area contributed by atoms with Crippen LogP contribution in [0.4, 0.5) is 0 Å². The molecule has 0 spiro atoms. The molecule has 1 aromatic heterocycles. The number of aryl methyl sites for hydroxylation is 2. The zero-order valence-electron chi connectivity index (χ0n) is 12.3. The van der Waals surface area contributed by atoms with Crippen LogP contribution >= 0.6 is 11.3 Å². The Labute approximate surface area is 114 Å². The highest BCUT2D eigenvalue weighted by atomic mass is 32.1. The predicted octanol–water partition coefficient (Wildman–Crippen LogP) is 4.54. The van der Waals surface area contributed by atoms with Crippen molar-refractivity contribution in [2.45, 2.75) is 46.6 Å². The zero-order valence-corrected chi connectivity index (χ0v) is 13.1. The van der Waals surface area contributed by atoms with Gasteiger partial charge < -0.3 is 5.32 Å². The van der Waals surface area contributed by atoms with Crippen molar-refractivity contribution in [1.82, 2.24) is 5.32 Å². The average Bonchev–Trinajstić information content (AvgIpc) is 2.56. The van der Waals surface area contributed by atoms with E-state index in [1.165, 1.54) is 31.7 Å². The number of thiophene rings is 1. The summed E-state index contributed by atoms with van der Waals surface area (Å²) in [5.41, 5.74) is 4.49. The highest BCUT2D eigenvalue weighted by Gasteiger charge is 2.23. The summed E-state index contributed by atoms with van der Waals surface area (Å²) in [6.45, 7) is 12.3. The second-order valence-electron chi connectivity index (χ2n) is 6.11. The van der Waals surface area contributed by atoms with Gasteiger partial charge in [-0.1, -0.05) is 26.8 Å². The van der Waals surface area contributed by atoms with Gasteiger partial charge in [0.1, 0.15) is 0 Å². The van der Waals surface area contributed by atoms with Gasteiger partial charge in [0.15, 0.2) is 0 Å². The molecule has 0 fully saturated rings. The van der Waals surface area contributed by atoms with E-state index in [0.717, 1.165) is 6.54 Å². The molecule has 2 heteroatoms. The van der Waals surface area contributed by atoms with Crippen LogP contribution in [0.2, 0.25) is 0 Å². The Morgan fingerprint density at radius 3 is 2.28 bits per heavy atom. The monoisotopic (exact) mass is 261 g/mol. The maximum atomic E-state index is 3.30. The molecular formula is C16H23NS. The first kappa shape index (κ1) is 13.6. The SMILES string of the molecule is CNCc1sc2cc(C)c(C)cc2c1C(C)(C)C. The van der Waals surface area contributed by atoms with E-state index in [0.29, 0.717) is 0 Å². The number of benzene rings is 1. The van der Waals surface area contributed by atoms with Crippen LogP contribution in [-0.4, -0.2) is 7.05 Å². The maximum absolute atomic E-state index is 3.30. The molecule has 0 bridgehead atoms. The molecule has 2 aromatic rings. The van der Waals surface area contributed by atoms with Gasteiger partial charge in [0.25, 0.3) is 0 Å². The van der Waals surface area contributed by atoms with E-state index in [2.05, 4.69) is 52.1 Å². The normalized spacial score (nSPS) is 12.3. The summed E-state index contributed by atoms with van der Waals surface area (Å²) in [4.78, 5) is 1.48.